The highest BCUT2D eigenvalue weighted by atomic mass is 16.6. The van der Waals surface area contributed by atoms with Gasteiger partial charge in [-0.15, -0.1) is 0 Å². The van der Waals surface area contributed by atoms with Gasteiger partial charge in [0.05, 0.1) is 0 Å². The Morgan fingerprint density at radius 1 is 0.909 bits per heavy atom. The van der Waals surface area contributed by atoms with E-state index in [4.69, 9.17) is 9.47 Å². The molecule has 0 aliphatic heterocycles. The Morgan fingerprint density at radius 3 is 2.33 bits per heavy atom. The van der Waals surface area contributed by atoms with Crippen LogP contribution in [0.5, 0.6) is 0 Å². The van der Waals surface area contributed by atoms with Crippen LogP contribution in [0.25, 0.3) is 10.9 Å². The molecule has 0 bridgehead atoms. The molecule has 0 aliphatic carbocycles. The number of carbonyl (C=O) groups is 2. The second-order valence-corrected chi connectivity index (χ2v) is 7.81. The lowest BCUT2D eigenvalue weighted by Crippen LogP contribution is -2.43. The predicted molar refractivity (Wildman–Crippen MR) is 127 cm³/mol. The highest BCUT2D eigenvalue weighted by Crippen LogP contribution is 2.21. The van der Waals surface area contributed by atoms with Crippen LogP contribution in [0.1, 0.15) is 29.7 Å². The fourth-order valence-electron chi connectivity index (χ4n) is 3.67. The topological polar surface area (TPSA) is 80.4 Å². The van der Waals surface area contributed by atoms with Crippen molar-refractivity contribution in [2.75, 3.05) is 0 Å². The van der Waals surface area contributed by atoms with E-state index in [1.165, 1.54) is 0 Å². The van der Waals surface area contributed by atoms with Crippen LogP contribution in [0.2, 0.25) is 0 Å². The number of hydrogen-bond donors (Lipinski definition) is 2. The highest BCUT2D eigenvalue weighted by Gasteiger charge is 2.26. The number of nitrogens with one attached hydrogen (secondary N) is 2. The van der Waals surface area contributed by atoms with Gasteiger partial charge in [0.2, 0.25) is 0 Å². The molecular formula is C27H26N2O4. The average Bonchev–Trinajstić information content (AvgIpc) is 3.26. The van der Waals surface area contributed by atoms with Gasteiger partial charge in [-0.2, -0.15) is 0 Å². The minimum absolute atomic E-state index is 0.113. The Morgan fingerprint density at radius 2 is 1.58 bits per heavy atom. The number of amides is 1. The lowest BCUT2D eigenvalue weighted by Gasteiger charge is -2.21. The number of fused-ring (bicyclic) bond motifs is 1. The normalized spacial score (nSPS) is 12.6. The number of para-hydroxylation sites is 1. The number of benzene rings is 3. The molecule has 2 N–H and O–H groups in total. The Labute approximate surface area is 192 Å². The van der Waals surface area contributed by atoms with E-state index < -0.39 is 24.2 Å². The maximum Gasteiger partial charge on any atom is 0.408 e. The quantitative estimate of drug-likeness (QED) is 0.363. The summed E-state index contributed by atoms with van der Waals surface area (Å²) in [7, 11) is 0. The van der Waals surface area contributed by atoms with Crippen LogP contribution >= 0.6 is 0 Å². The van der Waals surface area contributed by atoms with Crippen molar-refractivity contribution in [1.82, 2.24) is 10.3 Å². The molecule has 0 saturated heterocycles. The zero-order valence-electron chi connectivity index (χ0n) is 18.4. The Balaban J connectivity index is 1.48. The van der Waals surface area contributed by atoms with Crippen molar-refractivity contribution in [1.29, 1.82) is 0 Å². The standard InChI is InChI=1S/C27H26N2O4/c1-19(21-12-6-3-7-13-21)33-26(30)25(16-22-17-28-24-15-9-8-14-23(22)24)29-27(31)32-18-20-10-4-2-5-11-20/h2-15,17,19,25,28H,16,18H2,1H3,(H,29,31). The summed E-state index contributed by atoms with van der Waals surface area (Å²) in [5, 5.41) is 3.69. The Kier molecular flexibility index (Phi) is 7.05. The summed E-state index contributed by atoms with van der Waals surface area (Å²) >= 11 is 0. The molecule has 0 spiro atoms. The predicted octanol–water partition coefficient (Wildman–Crippen LogP) is 5.31. The number of H-pyrrole nitrogens is 1. The largest absolute Gasteiger partial charge is 0.456 e. The van der Waals surface area contributed by atoms with E-state index in [2.05, 4.69) is 10.3 Å². The molecule has 0 fully saturated rings. The Hall–Kier alpha value is -4.06. The van der Waals surface area contributed by atoms with Gasteiger partial charge in [0, 0.05) is 23.5 Å². The van der Waals surface area contributed by atoms with Crippen molar-refractivity contribution >= 4 is 23.0 Å². The first-order valence-electron chi connectivity index (χ1n) is 10.9. The summed E-state index contributed by atoms with van der Waals surface area (Å²) in [5.74, 6) is -0.520. The van der Waals surface area contributed by atoms with Crippen molar-refractivity contribution in [3.63, 3.8) is 0 Å². The number of rotatable bonds is 8. The summed E-state index contributed by atoms with van der Waals surface area (Å²) in [6, 6.07) is 25.8. The molecule has 0 radical (unpaired) electrons. The highest BCUT2D eigenvalue weighted by molar-refractivity contribution is 5.86. The number of carbonyl (C=O) groups excluding carboxylic acids is 2. The third-order valence-corrected chi connectivity index (χ3v) is 5.45. The molecule has 168 valence electrons. The molecular weight excluding hydrogens is 416 g/mol. The van der Waals surface area contributed by atoms with Gasteiger partial charge in [-0.1, -0.05) is 78.9 Å². The van der Waals surface area contributed by atoms with Gasteiger partial charge < -0.3 is 19.8 Å². The van der Waals surface area contributed by atoms with Crippen molar-refractivity contribution < 1.29 is 19.1 Å². The molecule has 2 atom stereocenters. The monoisotopic (exact) mass is 442 g/mol. The smallest absolute Gasteiger partial charge is 0.408 e. The molecule has 2 unspecified atom stereocenters. The zero-order valence-corrected chi connectivity index (χ0v) is 18.4. The van der Waals surface area contributed by atoms with E-state index in [-0.39, 0.29) is 13.0 Å². The van der Waals surface area contributed by atoms with Crippen LogP contribution in [0.4, 0.5) is 4.79 Å². The van der Waals surface area contributed by atoms with E-state index in [9.17, 15) is 9.59 Å². The maximum absolute atomic E-state index is 13.1. The second kappa shape index (κ2) is 10.5. The third-order valence-electron chi connectivity index (χ3n) is 5.45. The zero-order chi connectivity index (χ0) is 23.0. The third kappa shape index (κ3) is 5.80. The van der Waals surface area contributed by atoms with E-state index in [1.807, 2.05) is 98.0 Å². The van der Waals surface area contributed by atoms with Crippen molar-refractivity contribution in [3.05, 3.63) is 108 Å². The molecule has 6 nitrogen and oxygen atoms in total. The van der Waals surface area contributed by atoms with Gasteiger partial charge in [0.15, 0.2) is 0 Å². The van der Waals surface area contributed by atoms with Crippen LogP contribution in [-0.4, -0.2) is 23.1 Å². The number of aromatic nitrogens is 1. The molecule has 4 aromatic rings. The summed E-state index contributed by atoms with van der Waals surface area (Å²) in [5.41, 5.74) is 3.61. The van der Waals surface area contributed by atoms with Gasteiger partial charge in [0.25, 0.3) is 0 Å². The Bertz CT molecular complexity index is 1200. The van der Waals surface area contributed by atoms with E-state index in [1.54, 1.807) is 0 Å². The molecule has 6 heteroatoms. The number of ether oxygens (including phenoxy) is 2. The SMILES string of the molecule is CC(OC(=O)C(Cc1c[nH]c2ccccc12)NC(=O)OCc1ccccc1)c1ccccc1. The van der Waals surface area contributed by atoms with Gasteiger partial charge >= 0.3 is 12.1 Å². The molecule has 3 aromatic carbocycles. The molecule has 1 heterocycles. The van der Waals surface area contributed by atoms with Gasteiger partial charge in [-0.05, 0) is 29.7 Å². The van der Waals surface area contributed by atoms with E-state index >= 15 is 0 Å². The number of hydrogen-bond acceptors (Lipinski definition) is 4. The van der Waals surface area contributed by atoms with Gasteiger partial charge in [0.1, 0.15) is 18.8 Å². The molecule has 0 aliphatic rings. The van der Waals surface area contributed by atoms with Gasteiger partial charge in [-0.25, -0.2) is 9.59 Å². The summed E-state index contributed by atoms with van der Waals surface area (Å²) < 4.78 is 11.0. The molecule has 1 amide bonds. The van der Waals surface area contributed by atoms with Crippen LogP contribution < -0.4 is 5.32 Å². The lowest BCUT2D eigenvalue weighted by molar-refractivity contribution is -0.151. The van der Waals surface area contributed by atoms with Crippen LogP contribution in [0.15, 0.2) is 91.1 Å². The van der Waals surface area contributed by atoms with E-state index in [0.717, 1.165) is 27.6 Å². The fourth-order valence-corrected chi connectivity index (χ4v) is 3.67. The van der Waals surface area contributed by atoms with E-state index in [0.29, 0.717) is 0 Å². The van der Waals surface area contributed by atoms with Crippen LogP contribution in [0, 0.1) is 0 Å². The maximum atomic E-state index is 13.1. The average molecular weight is 443 g/mol. The minimum atomic E-state index is -0.904. The van der Waals surface area contributed by atoms with Crippen molar-refractivity contribution in [3.8, 4) is 0 Å². The molecule has 1 aromatic heterocycles. The minimum Gasteiger partial charge on any atom is -0.456 e. The second-order valence-electron chi connectivity index (χ2n) is 7.81. The first kappa shape index (κ1) is 22.1. The molecule has 4 rings (SSSR count). The fraction of sp³-hybridized carbons (Fsp3) is 0.185. The van der Waals surface area contributed by atoms with Crippen LogP contribution in [-0.2, 0) is 27.3 Å². The summed E-state index contributed by atoms with van der Waals surface area (Å²) in [6.45, 7) is 1.92. The molecule has 33 heavy (non-hydrogen) atoms. The first-order valence-corrected chi connectivity index (χ1v) is 10.9. The van der Waals surface area contributed by atoms with Crippen molar-refractivity contribution in [2.45, 2.75) is 32.1 Å². The van der Waals surface area contributed by atoms with Crippen LogP contribution in [0.3, 0.4) is 0 Å². The lowest BCUT2D eigenvalue weighted by atomic mass is 10.0. The first-order chi connectivity index (χ1) is 16.1. The summed E-state index contributed by atoms with van der Waals surface area (Å²) in [6.07, 6.45) is 0.993. The number of aromatic amines is 1. The summed E-state index contributed by atoms with van der Waals surface area (Å²) in [4.78, 5) is 28.8. The van der Waals surface area contributed by atoms with Gasteiger partial charge in [-0.3, -0.25) is 0 Å². The number of esters is 1. The molecule has 0 saturated carbocycles. The van der Waals surface area contributed by atoms with Crippen molar-refractivity contribution in [2.24, 2.45) is 0 Å². The number of alkyl carbamates (subject to hydrolysis) is 1.